The predicted molar refractivity (Wildman–Crippen MR) is 54.9 cm³/mol. The van der Waals surface area contributed by atoms with E-state index in [1.54, 1.807) is 0 Å². The van der Waals surface area contributed by atoms with E-state index < -0.39 is 0 Å². The molecule has 0 amide bonds. The maximum atomic E-state index is 11.6. The smallest absolute Gasteiger partial charge is 0.161 e. The van der Waals surface area contributed by atoms with E-state index in [0.717, 1.165) is 12.3 Å². The molecule has 3 atom stereocenters. The van der Waals surface area contributed by atoms with Crippen LogP contribution in [0.5, 0.6) is 0 Å². The number of carbonyl (C=O) groups is 1. The summed E-state index contributed by atoms with van der Waals surface area (Å²) < 4.78 is 0. The molecule has 0 spiro atoms. The maximum absolute atomic E-state index is 11.6. The van der Waals surface area contributed by atoms with Crippen LogP contribution >= 0.6 is 0 Å². The van der Waals surface area contributed by atoms with Gasteiger partial charge in [-0.3, -0.25) is 4.79 Å². The van der Waals surface area contributed by atoms with Gasteiger partial charge in [-0.05, 0) is 24.7 Å². The van der Waals surface area contributed by atoms with Crippen molar-refractivity contribution in [3.05, 3.63) is 0 Å². The Bertz CT molecular complexity index is 210. The Kier molecular flexibility index (Phi) is 3.22. The highest BCUT2D eigenvalue weighted by atomic mass is 16.3. The molecule has 0 aromatic carbocycles. The highest BCUT2D eigenvalue weighted by molar-refractivity contribution is 5.82. The fraction of sp³-hybridized carbons (Fsp3) is 0.917. The average Bonchev–Trinajstić information content (AvgIpc) is 2.27. The lowest BCUT2D eigenvalue weighted by molar-refractivity contribution is -0.130. The molecule has 0 aliphatic heterocycles. The Morgan fingerprint density at radius 3 is 2.57 bits per heavy atom. The monoisotopic (exact) mass is 196 g/mol. The first-order valence-corrected chi connectivity index (χ1v) is 5.96. The Balaban J connectivity index is 2.04. The SMILES string of the molecule is O=C(CO)C1CCCC2CCCCC21. The van der Waals surface area contributed by atoms with Gasteiger partial charge in [0.15, 0.2) is 5.78 Å². The molecule has 2 aliphatic carbocycles. The minimum absolute atomic E-state index is 0.0987. The summed E-state index contributed by atoms with van der Waals surface area (Å²) in [5.74, 6) is 1.69. The van der Waals surface area contributed by atoms with Crippen molar-refractivity contribution in [3.63, 3.8) is 0 Å². The third kappa shape index (κ3) is 1.85. The summed E-state index contributed by atoms with van der Waals surface area (Å²) in [6.07, 6.45) is 8.72. The van der Waals surface area contributed by atoms with Crippen molar-refractivity contribution in [2.45, 2.75) is 44.9 Å². The van der Waals surface area contributed by atoms with Gasteiger partial charge in [-0.25, -0.2) is 0 Å². The zero-order chi connectivity index (χ0) is 9.97. The van der Waals surface area contributed by atoms with E-state index in [4.69, 9.17) is 5.11 Å². The molecule has 0 aromatic heterocycles. The average molecular weight is 196 g/mol. The second-order valence-electron chi connectivity index (χ2n) is 4.87. The Hall–Kier alpha value is -0.370. The number of fused-ring (bicyclic) bond motifs is 1. The molecule has 0 radical (unpaired) electrons. The summed E-state index contributed by atoms with van der Waals surface area (Å²) in [5.41, 5.74) is 0. The summed E-state index contributed by atoms with van der Waals surface area (Å²) in [5, 5.41) is 8.93. The van der Waals surface area contributed by atoms with Gasteiger partial charge in [-0.15, -0.1) is 0 Å². The molecule has 2 saturated carbocycles. The van der Waals surface area contributed by atoms with Crippen LogP contribution in [-0.2, 0) is 4.79 Å². The van der Waals surface area contributed by atoms with Gasteiger partial charge in [0.05, 0.1) is 0 Å². The van der Waals surface area contributed by atoms with Crippen molar-refractivity contribution in [1.82, 2.24) is 0 Å². The zero-order valence-corrected chi connectivity index (χ0v) is 8.74. The van der Waals surface area contributed by atoms with Crippen molar-refractivity contribution in [2.75, 3.05) is 6.61 Å². The van der Waals surface area contributed by atoms with Crippen LogP contribution in [0.2, 0.25) is 0 Å². The van der Waals surface area contributed by atoms with E-state index in [-0.39, 0.29) is 18.3 Å². The largest absolute Gasteiger partial charge is 0.389 e. The second kappa shape index (κ2) is 4.43. The van der Waals surface area contributed by atoms with E-state index in [1.165, 1.54) is 38.5 Å². The molecular formula is C12H20O2. The van der Waals surface area contributed by atoms with E-state index in [0.29, 0.717) is 5.92 Å². The number of aliphatic hydroxyl groups excluding tert-OH is 1. The molecule has 2 fully saturated rings. The molecule has 80 valence electrons. The molecule has 1 N–H and O–H groups in total. The Labute approximate surface area is 85.7 Å². The van der Waals surface area contributed by atoms with Gasteiger partial charge in [0.1, 0.15) is 6.61 Å². The number of Topliss-reactive ketones (excluding diaryl/α,β-unsaturated/α-hetero) is 1. The van der Waals surface area contributed by atoms with E-state index in [1.807, 2.05) is 0 Å². The Morgan fingerprint density at radius 2 is 1.79 bits per heavy atom. The molecule has 3 unspecified atom stereocenters. The maximum Gasteiger partial charge on any atom is 0.161 e. The van der Waals surface area contributed by atoms with Gasteiger partial charge in [0, 0.05) is 5.92 Å². The molecule has 0 saturated heterocycles. The lowest BCUT2D eigenvalue weighted by atomic mass is 9.64. The number of aliphatic hydroxyl groups is 1. The second-order valence-corrected chi connectivity index (χ2v) is 4.87. The summed E-state index contributed by atoms with van der Waals surface area (Å²) in [4.78, 5) is 11.6. The minimum atomic E-state index is -0.242. The fourth-order valence-electron chi connectivity index (χ4n) is 3.46. The van der Waals surface area contributed by atoms with Gasteiger partial charge < -0.3 is 5.11 Å². The molecule has 0 aromatic rings. The zero-order valence-electron chi connectivity index (χ0n) is 8.74. The summed E-state index contributed by atoms with van der Waals surface area (Å²) in [6.45, 7) is -0.242. The molecule has 0 bridgehead atoms. The van der Waals surface area contributed by atoms with Crippen molar-refractivity contribution in [3.8, 4) is 0 Å². The fourth-order valence-corrected chi connectivity index (χ4v) is 3.46. The summed E-state index contributed by atoms with van der Waals surface area (Å²) in [7, 11) is 0. The van der Waals surface area contributed by atoms with Gasteiger partial charge >= 0.3 is 0 Å². The standard InChI is InChI=1S/C12H20O2/c13-8-12(14)11-7-3-5-9-4-1-2-6-10(9)11/h9-11,13H,1-8H2. The molecule has 2 rings (SSSR count). The van der Waals surface area contributed by atoms with Gasteiger partial charge in [-0.2, -0.15) is 0 Å². The quantitative estimate of drug-likeness (QED) is 0.734. The molecular weight excluding hydrogens is 176 g/mol. The van der Waals surface area contributed by atoms with Crippen LogP contribution in [0.15, 0.2) is 0 Å². The van der Waals surface area contributed by atoms with E-state index in [9.17, 15) is 4.79 Å². The third-order valence-corrected chi connectivity index (χ3v) is 4.14. The van der Waals surface area contributed by atoms with E-state index >= 15 is 0 Å². The van der Waals surface area contributed by atoms with Gasteiger partial charge in [0.25, 0.3) is 0 Å². The number of hydrogen-bond acceptors (Lipinski definition) is 2. The summed E-state index contributed by atoms with van der Waals surface area (Å²) >= 11 is 0. The first-order valence-electron chi connectivity index (χ1n) is 5.96. The van der Waals surface area contributed by atoms with Gasteiger partial charge in [-0.1, -0.05) is 32.1 Å². The van der Waals surface area contributed by atoms with Crippen LogP contribution in [0.25, 0.3) is 0 Å². The third-order valence-electron chi connectivity index (χ3n) is 4.14. The van der Waals surface area contributed by atoms with E-state index in [2.05, 4.69) is 0 Å². The normalized spacial score (nSPS) is 37.6. The van der Waals surface area contributed by atoms with Crippen molar-refractivity contribution in [1.29, 1.82) is 0 Å². The number of ketones is 1. The molecule has 2 nitrogen and oxygen atoms in total. The molecule has 0 heterocycles. The minimum Gasteiger partial charge on any atom is -0.389 e. The van der Waals surface area contributed by atoms with Crippen LogP contribution in [-0.4, -0.2) is 17.5 Å². The number of hydrogen-bond donors (Lipinski definition) is 1. The lowest BCUT2D eigenvalue weighted by Crippen LogP contribution is -2.36. The highest BCUT2D eigenvalue weighted by Gasteiger charge is 2.37. The highest BCUT2D eigenvalue weighted by Crippen LogP contribution is 2.43. The van der Waals surface area contributed by atoms with Gasteiger partial charge in [0.2, 0.25) is 0 Å². The van der Waals surface area contributed by atoms with Crippen molar-refractivity contribution >= 4 is 5.78 Å². The predicted octanol–water partition coefficient (Wildman–Crippen LogP) is 2.15. The lowest BCUT2D eigenvalue weighted by Gasteiger charge is -2.40. The van der Waals surface area contributed by atoms with Crippen LogP contribution in [0.3, 0.4) is 0 Å². The van der Waals surface area contributed by atoms with Crippen LogP contribution in [0, 0.1) is 17.8 Å². The molecule has 2 aliphatic rings. The first-order chi connectivity index (χ1) is 6.83. The van der Waals surface area contributed by atoms with Crippen LogP contribution in [0.1, 0.15) is 44.9 Å². The van der Waals surface area contributed by atoms with Crippen LogP contribution in [0.4, 0.5) is 0 Å². The Morgan fingerprint density at radius 1 is 1.07 bits per heavy atom. The van der Waals surface area contributed by atoms with Crippen molar-refractivity contribution < 1.29 is 9.90 Å². The molecule has 14 heavy (non-hydrogen) atoms. The number of rotatable bonds is 2. The molecule has 2 heteroatoms. The first kappa shape index (κ1) is 10.2. The topological polar surface area (TPSA) is 37.3 Å². The van der Waals surface area contributed by atoms with Crippen LogP contribution < -0.4 is 0 Å². The van der Waals surface area contributed by atoms with Crippen molar-refractivity contribution in [2.24, 2.45) is 17.8 Å². The number of carbonyl (C=O) groups excluding carboxylic acids is 1. The summed E-state index contributed by atoms with van der Waals surface area (Å²) in [6, 6.07) is 0.